The van der Waals surface area contributed by atoms with Crippen molar-refractivity contribution >= 4 is 27.9 Å². The van der Waals surface area contributed by atoms with Crippen molar-refractivity contribution in [2.75, 3.05) is 11.5 Å². The summed E-state index contributed by atoms with van der Waals surface area (Å²) in [5, 5.41) is 0. The summed E-state index contributed by atoms with van der Waals surface area (Å²) in [5.74, 6) is 2.87. The molecule has 0 amide bonds. The second-order valence-electron chi connectivity index (χ2n) is 9.86. The highest BCUT2D eigenvalue weighted by Gasteiger charge is 2.26. The van der Waals surface area contributed by atoms with E-state index in [1.807, 2.05) is 0 Å². The molecule has 0 saturated carbocycles. The van der Waals surface area contributed by atoms with E-state index in [0.29, 0.717) is 0 Å². The lowest BCUT2D eigenvalue weighted by Crippen LogP contribution is -2.30. The molecule has 0 bridgehead atoms. The number of hydrogen-bond donors (Lipinski definition) is 0. The van der Waals surface area contributed by atoms with Gasteiger partial charge in [-0.15, -0.1) is 0 Å². The molecule has 0 N–H and O–H groups in total. The maximum absolute atomic E-state index is 2.71. The van der Waals surface area contributed by atoms with Crippen molar-refractivity contribution in [2.24, 2.45) is 0 Å². The van der Waals surface area contributed by atoms with Crippen LogP contribution in [0.2, 0.25) is 49.4 Å². The van der Waals surface area contributed by atoms with Crippen LogP contribution < -0.4 is 0 Å². The fourth-order valence-corrected chi connectivity index (χ4v) is 14.3. The van der Waals surface area contributed by atoms with Gasteiger partial charge in [0.15, 0.2) is 0 Å². The van der Waals surface area contributed by atoms with Crippen molar-refractivity contribution in [1.29, 1.82) is 0 Å². The molecule has 0 heterocycles. The zero-order valence-electron chi connectivity index (χ0n) is 20.1. The van der Waals surface area contributed by atoms with Gasteiger partial charge in [-0.1, -0.05) is 128 Å². The summed E-state index contributed by atoms with van der Waals surface area (Å²) in [6, 6.07) is 9.55. The lowest BCUT2D eigenvalue weighted by molar-refractivity contribution is 0.814. The molecule has 0 saturated heterocycles. The maximum atomic E-state index is 2.71. The molecule has 0 unspecified atom stereocenters. The second-order valence-corrected chi connectivity index (χ2v) is 21.3. The maximum Gasteiger partial charge on any atom is 0.0505 e. The van der Waals surface area contributed by atoms with Gasteiger partial charge in [0, 0.05) is 0 Å². The molecule has 0 aliphatic rings. The predicted octanol–water partition coefficient (Wildman–Crippen LogP) is 9.86. The van der Waals surface area contributed by atoms with E-state index in [-0.39, 0.29) is 0 Å². The van der Waals surface area contributed by atoms with Gasteiger partial charge in [-0.05, 0) is 24.3 Å². The molecular weight excluding hydrogens is 377 g/mol. The summed E-state index contributed by atoms with van der Waals surface area (Å²) >= 11 is 2.27. The van der Waals surface area contributed by atoms with Crippen LogP contribution in [-0.4, -0.2) is 27.7 Å². The van der Waals surface area contributed by atoms with Crippen molar-refractivity contribution in [1.82, 2.24) is 0 Å². The van der Waals surface area contributed by atoms with E-state index < -0.39 is 16.1 Å². The van der Waals surface area contributed by atoms with Gasteiger partial charge >= 0.3 is 0 Å². The highest BCUT2D eigenvalue weighted by Crippen LogP contribution is 2.30. The summed E-state index contributed by atoms with van der Waals surface area (Å²) in [6.45, 7) is 14.9. The minimum atomic E-state index is -0.926. The number of rotatable bonds is 20. The minimum Gasteiger partial charge on any atom is -0.162 e. The summed E-state index contributed by atoms with van der Waals surface area (Å²) in [7, 11) is -1.85. The molecular formula is C24H54SSi2. The van der Waals surface area contributed by atoms with E-state index in [1.165, 1.54) is 75.7 Å². The molecule has 0 spiro atoms. The summed E-state index contributed by atoms with van der Waals surface area (Å²) in [5.41, 5.74) is 0. The molecule has 0 aliphatic heterocycles. The lowest BCUT2D eigenvalue weighted by Gasteiger charge is -2.28. The first kappa shape index (κ1) is 27.8. The highest BCUT2D eigenvalue weighted by atomic mass is 32.2. The van der Waals surface area contributed by atoms with E-state index in [1.54, 1.807) is 36.3 Å². The largest absolute Gasteiger partial charge is 0.162 e. The normalized spacial score (nSPS) is 12.7. The Hall–Kier alpha value is 0.784. The Labute approximate surface area is 180 Å². The Morgan fingerprint density at radius 1 is 0.444 bits per heavy atom. The van der Waals surface area contributed by atoms with Crippen LogP contribution in [0.25, 0.3) is 0 Å². The number of unbranched alkanes of at least 4 members (excludes halogenated alkanes) is 4. The predicted molar refractivity (Wildman–Crippen MR) is 138 cm³/mol. The number of hydrogen-bond acceptors (Lipinski definition) is 1. The Morgan fingerprint density at radius 3 is 0.963 bits per heavy atom. The van der Waals surface area contributed by atoms with E-state index in [9.17, 15) is 0 Å². The Kier molecular flexibility index (Phi) is 18.1. The van der Waals surface area contributed by atoms with E-state index in [4.69, 9.17) is 0 Å². The topological polar surface area (TPSA) is 0 Å². The minimum absolute atomic E-state index is 0.926. The summed E-state index contributed by atoms with van der Waals surface area (Å²) < 4.78 is 0. The van der Waals surface area contributed by atoms with Crippen molar-refractivity contribution in [3.05, 3.63) is 0 Å². The smallest absolute Gasteiger partial charge is 0.0505 e. The molecule has 0 aliphatic carbocycles. The van der Waals surface area contributed by atoms with E-state index >= 15 is 0 Å². The number of thioether (sulfide) groups is 1. The van der Waals surface area contributed by atoms with Crippen LogP contribution in [0.5, 0.6) is 0 Å². The van der Waals surface area contributed by atoms with Crippen molar-refractivity contribution < 1.29 is 0 Å². The van der Waals surface area contributed by atoms with Crippen LogP contribution in [0.15, 0.2) is 0 Å². The first-order valence-corrected chi connectivity index (χ1v) is 19.9. The third-order valence-electron chi connectivity index (χ3n) is 6.67. The second kappa shape index (κ2) is 17.6. The van der Waals surface area contributed by atoms with Crippen LogP contribution in [-0.2, 0) is 0 Å². The van der Waals surface area contributed by atoms with Crippen LogP contribution in [0.3, 0.4) is 0 Å². The zero-order chi connectivity index (χ0) is 20.4. The van der Waals surface area contributed by atoms with Gasteiger partial charge in [0.1, 0.15) is 0 Å². The monoisotopic (exact) mass is 430 g/mol. The third kappa shape index (κ3) is 15.3. The molecule has 0 nitrogen and oxygen atoms in total. The third-order valence-corrected chi connectivity index (χ3v) is 17.2. The van der Waals surface area contributed by atoms with Gasteiger partial charge in [0.05, 0.1) is 16.1 Å². The molecule has 0 aromatic heterocycles. The first-order chi connectivity index (χ1) is 12.9. The molecule has 0 fully saturated rings. The van der Waals surface area contributed by atoms with Crippen molar-refractivity contribution in [3.8, 4) is 0 Å². The van der Waals surface area contributed by atoms with E-state index in [0.717, 1.165) is 0 Å². The average molecular weight is 431 g/mol. The summed E-state index contributed by atoms with van der Waals surface area (Å²) in [6.07, 6.45) is 14.5. The quantitative estimate of drug-likeness (QED) is 0.137. The SMILES string of the molecule is CCCC[Si](C)(CCCC)CCCSCCC[Si](C)(CCCC)CCCC. The van der Waals surface area contributed by atoms with Crippen molar-refractivity contribution in [3.63, 3.8) is 0 Å². The van der Waals surface area contributed by atoms with Gasteiger partial charge in [-0.25, -0.2) is 0 Å². The zero-order valence-corrected chi connectivity index (χ0v) is 23.0. The van der Waals surface area contributed by atoms with Crippen molar-refractivity contribution in [2.45, 2.75) is 141 Å². The Balaban J connectivity index is 4.03. The average Bonchev–Trinajstić information content (AvgIpc) is 2.67. The molecule has 0 aromatic rings. The van der Waals surface area contributed by atoms with E-state index in [2.05, 4.69) is 52.6 Å². The van der Waals surface area contributed by atoms with Crippen LogP contribution in [0.4, 0.5) is 0 Å². The van der Waals surface area contributed by atoms with Gasteiger partial charge in [-0.2, -0.15) is 11.8 Å². The molecule has 0 aromatic carbocycles. The molecule has 0 atom stereocenters. The van der Waals surface area contributed by atoms with Gasteiger partial charge in [-0.3, -0.25) is 0 Å². The Morgan fingerprint density at radius 2 is 0.704 bits per heavy atom. The Bertz CT molecular complexity index is 274. The van der Waals surface area contributed by atoms with Gasteiger partial charge < -0.3 is 0 Å². The molecule has 0 rings (SSSR count). The standard InChI is InChI=1S/C24H54SSi2/c1-7-11-19-26(5,20-12-8-2)23-15-17-25-18-16-24-27(6,21-13-9-3)22-14-10-4/h7-24H2,1-6H3. The van der Waals surface area contributed by atoms with Gasteiger partial charge in [0.2, 0.25) is 0 Å². The first-order valence-electron chi connectivity index (χ1n) is 12.5. The fourth-order valence-electron chi connectivity index (χ4n) is 4.47. The van der Waals surface area contributed by atoms with Crippen LogP contribution in [0, 0.1) is 0 Å². The van der Waals surface area contributed by atoms with Crippen LogP contribution >= 0.6 is 11.8 Å². The van der Waals surface area contributed by atoms with Crippen LogP contribution in [0.1, 0.15) is 91.9 Å². The summed E-state index contributed by atoms with van der Waals surface area (Å²) in [4.78, 5) is 0. The molecule has 27 heavy (non-hydrogen) atoms. The fraction of sp³-hybridized carbons (Fsp3) is 1.00. The molecule has 0 radical (unpaired) electrons. The molecule has 3 heteroatoms. The lowest BCUT2D eigenvalue weighted by atomic mass is 10.4. The highest BCUT2D eigenvalue weighted by molar-refractivity contribution is 7.99. The molecule has 164 valence electrons. The van der Waals surface area contributed by atoms with Gasteiger partial charge in [0.25, 0.3) is 0 Å².